The zero-order chi connectivity index (χ0) is 28.5. The average molecular weight is 582 g/mol. The molecule has 0 saturated heterocycles. The van der Waals surface area contributed by atoms with Gasteiger partial charge in [-0.2, -0.15) is 5.10 Å². The van der Waals surface area contributed by atoms with Crippen molar-refractivity contribution in [3.63, 3.8) is 0 Å². The Morgan fingerprint density at radius 3 is 2.52 bits per heavy atom. The van der Waals surface area contributed by atoms with Gasteiger partial charge in [-0.3, -0.25) is 4.68 Å². The van der Waals surface area contributed by atoms with Crippen LogP contribution >= 0.6 is 11.3 Å². The van der Waals surface area contributed by atoms with Gasteiger partial charge in [0.2, 0.25) is 5.95 Å². The molecule has 0 aliphatic carbocycles. The topological polar surface area (TPSA) is 90.2 Å². The van der Waals surface area contributed by atoms with Crippen LogP contribution in [-0.2, 0) is 17.4 Å². The van der Waals surface area contributed by atoms with Gasteiger partial charge in [-0.1, -0.05) is 32.9 Å². The van der Waals surface area contributed by atoms with Gasteiger partial charge in [0.25, 0.3) is 0 Å². The molecule has 0 amide bonds. The molecule has 0 spiro atoms. The van der Waals surface area contributed by atoms with Crippen molar-refractivity contribution < 1.29 is 13.6 Å². The lowest BCUT2D eigenvalue weighted by Crippen LogP contribution is -2.43. The molecule has 40 heavy (non-hydrogen) atoms. The highest BCUT2D eigenvalue weighted by atomic mass is 32.1. The summed E-state index contributed by atoms with van der Waals surface area (Å²) in [5, 5.41) is 8.99. The van der Waals surface area contributed by atoms with Gasteiger partial charge in [-0.05, 0) is 35.8 Å². The van der Waals surface area contributed by atoms with Crippen LogP contribution in [0.4, 0.5) is 21.3 Å². The number of ether oxygens (including phenoxy) is 1. The third-order valence-electron chi connectivity index (χ3n) is 7.58. The standard InChI is InChI=1S/C28H36FN7O2SSi/c1-28(2,3)40(5,6)38-14-13-35-12-11-23-24(32-27(39-23)33-26-30-15-20(29)16-31-26)22-18-36(34-25(22)35)17-19-7-9-21(37-4)10-8-19/h7-10,15-16,18H,11-14,17H2,1-6H3,(H,30,31,32,33). The monoisotopic (exact) mass is 581 g/mol. The Morgan fingerprint density at radius 2 is 1.85 bits per heavy atom. The molecule has 4 heterocycles. The lowest BCUT2D eigenvalue weighted by molar-refractivity contribution is 0.294. The maximum atomic E-state index is 13.3. The fourth-order valence-corrected chi connectivity index (χ4v) is 6.25. The van der Waals surface area contributed by atoms with Crippen LogP contribution in [0.15, 0.2) is 42.9 Å². The molecular weight excluding hydrogens is 546 g/mol. The SMILES string of the molecule is COc1ccc(Cn2cc3c(n2)N(CCO[Si](C)(C)C(C)(C)C)CCc2sc(Nc4ncc(F)cn4)nc2-3)cc1. The Kier molecular flexibility index (Phi) is 7.93. The zero-order valence-electron chi connectivity index (χ0n) is 23.9. The van der Waals surface area contributed by atoms with Crippen LogP contribution in [0.1, 0.15) is 31.2 Å². The van der Waals surface area contributed by atoms with Gasteiger partial charge in [-0.25, -0.2) is 19.3 Å². The first-order valence-electron chi connectivity index (χ1n) is 13.4. The Labute approximate surface area is 239 Å². The molecule has 1 aliphatic heterocycles. The van der Waals surface area contributed by atoms with Crippen molar-refractivity contribution in [1.82, 2.24) is 24.7 Å². The van der Waals surface area contributed by atoms with E-state index in [1.54, 1.807) is 18.4 Å². The van der Waals surface area contributed by atoms with Crippen molar-refractivity contribution >= 4 is 36.6 Å². The van der Waals surface area contributed by atoms with Crippen LogP contribution in [0.2, 0.25) is 18.1 Å². The number of benzene rings is 1. The second kappa shape index (κ2) is 11.3. The van der Waals surface area contributed by atoms with Crippen LogP contribution in [0.25, 0.3) is 11.3 Å². The van der Waals surface area contributed by atoms with Gasteiger partial charge in [-0.15, -0.1) is 11.3 Å². The summed E-state index contributed by atoms with van der Waals surface area (Å²) >= 11 is 1.56. The van der Waals surface area contributed by atoms with Crippen molar-refractivity contribution in [2.45, 2.75) is 51.9 Å². The lowest BCUT2D eigenvalue weighted by Gasteiger charge is -2.36. The number of fused-ring (bicyclic) bond motifs is 3. The van der Waals surface area contributed by atoms with E-state index in [0.29, 0.717) is 24.2 Å². The molecule has 3 aromatic heterocycles. The smallest absolute Gasteiger partial charge is 0.229 e. The first kappa shape index (κ1) is 28.2. The highest BCUT2D eigenvalue weighted by molar-refractivity contribution is 7.16. The second-order valence-corrected chi connectivity index (χ2v) is 17.3. The minimum absolute atomic E-state index is 0.155. The molecule has 12 heteroatoms. The van der Waals surface area contributed by atoms with E-state index in [2.05, 4.69) is 72.4 Å². The lowest BCUT2D eigenvalue weighted by atomic mass is 10.2. The maximum Gasteiger partial charge on any atom is 0.229 e. The summed E-state index contributed by atoms with van der Waals surface area (Å²) in [7, 11) is -0.196. The quantitative estimate of drug-likeness (QED) is 0.237. The zero-order valence-corrected chi connectivity index (χ0v) is 25.7. The van der Waals surface area contributed by atoms with Crippen LogP contribution < -0.4 is 15.0 Å². The molecule has 1 N–H and O–H groups in total. The van der Waals surface area contributed by atoms with Crippen molar-refractivity contribution in [1.29, 1.82) is 0 Å². The summed E-state index contributed by atoms with van der Waals surface area (Å²) in [5.41, 5.74) is 3.01. The van der Waals surface area contributed by atoms with E-state index in [1.807, 2.05) is 16.8 Å². The Morgan fingerprint density at radius 1 is 1.12 bits per heavy atom. The first-order chi connectivity index (χ1) is 19.0. The molecule has 4 aromatic rings. The van der Waals surface area contributed by atoms with Gasteiger partial charge in [0, 0.05) is 30.6 Å². The number of methoxy groups -OCH3 is 1. The number of nitrogens with one attached hydrogen (secondary N) is 1. The van der Waals surface area contributed by atoms with Crippen LogP contribution in [0.3, 0.4) is 0 Å². The molecule has 0 fully saturated rings. The van der Waals surface area contributed by atoms with Gasteiger partial charge >= 0.3 is 0 Å². The molecule has 1 aromatic carbocycles. The largest absolute Gasteiger partial charge is 0.497 e. The first-order valence-corrected chi connectivity index (χ1v) is 17.1. The molecule has 9 nitrogen and oxygen atoms in total. The van der Waals surface area contributed by atoms with E-state index in [4.69, 9.17) is 19.2 Å². The Balaban J connectivity index is 1.42. The molecule has 0 saturated carbocycles. The fourth-order valence-electron chi connectivity index (χ4n) is 4.26. The van der Waals surface area contributed by atoms with Crippen molar-refractivity contribution in [3.8, 4) is 17.0 Å². The van der Waals surface area contributed by atoms with Crippen LogP contribution in [-0.4, -0.2) is 59.9 Å². The van der Waals surface area contributed by atoms with Crippen molar-refractivity contribution in [2.24, 2.45) is 0 Å². The summed E-state index contributed by atoms with van der Waals surface area (Å²) in [6.07, 6.45) is 5.18. The highest BCUT2D eigenvalue weighted by Crippen LogP contribution is 2.40. The predicted molar refractivity (Wildman–Crippen MR) is 160 cm³/mol. The Bertz CT molecular complexity index is 1450. The minimum atomic E-state index is -1.86. The summed E-state index contributed by atoms with van der Waals surface area (Å²) in [6, 6.07) is 8.02. The van der Waals surface area contributed by atoms with E-state index in [9.17, 15) is 4.39 Å². The van der Waals surface area contributed by atoms with E-state index < -0.39 is 14.1 Å². The number of hydrogen-bond donors (Lipinski definition) is 1. The molecule has 212 valence electrons. The summed E-state index contributed by atoms with van der Waals surface area (Å²) in [4.78, 5) is 16.4. The molecule has 5 rings (SSSR count). The summed E-state index contributed by atoms with van der Waals surface area (Å²) in [5.74, 6) is 1.56. The molecule has 0 atom stereocenters. The van der Waals surface area contributed by atoms with Crippen molar-refractivity contribution in [3.05, 3.63) is 59.1 Å². The van der Waals surface area contributed by atoms with Gasteiger partial charge in [0.15, 0.2) is 25.1 Å². The molecule has 0 radical (unpaired) electrons. The number of thiazole rings is 1. The fraction of sp³-hybridized carbons (Fsp3) is 0.429. The maximum absolute atomic E-state index is 13.3. The number of hydrogen-bond acceptors (Lipinski definition) is 9. The minimum Gasteiger partial charge on any atom is -0.497 e. The van der Waals surface area contributed by atoms with E-state index in [0.717, 1.165) is 65.2 Å². The van der Waals surface area contributed by atoms with Crippen molar-refractivity contribution in [2.75, 3.05) is 37.0 Å². The molecular formula is C28H36FN7O2SSi. The second-order valence-electron chi connectivity index (χ2n) is 11.4. The number of aromatic nitrogens is 5. The van der Waals surface area contributed by atoms with Crippen LogP contribution in [0.5, 0.6) is 5.75 Å². The average Bonchev–Trinajstić information content (AvgIpc) is 3.48. The predicted octanol–water partition coefficient (Wildman–Crippen LogP) is 6.12. The summed E-state index contributed by atoms with van der Waals surface area (Å²) in [6.45, 7) is 14.2. The van der Waals surface area contributed by atoms with E-state index in [1.165, 1.54) is 0 Å². The van der Waals surface area contributed by atoms with Gasteiger partial charge in [0.05, 0.1) is 43.9 Å². The number of rotatable bonds is 9. The van der Waals surface area contributed by atoms with Gasteiger partial charge < -0.3 is 19.4 Å². The third-order valence-corrected chi connectivity index (χ3v) is 13.1. The van der Waals surface area contributed by atoms with Gasteiger partial charge in [0.1, 0.15) is 5.75 Å². The van der Waals surface area contributed by atoms with E-state index >= 15 is 0 Å². The van der Waals surface area contributed by atoms with E-state index in [-0.39, 0.29) is 5.04 Å². The summed E-state index contributed by atoms with van der Waals surface area (Å²) < 4.78 is 27.1. The normalized spacial score (nSPS) is 13.5. The third kappa shape index (κ3) is 6.18. The Hall–Kier alpha value is -3.35. The number of anilines is 3. The van der Waals surface area contributed by atoms with Crippen LogP contribution in [0, 0.1) is 5.82 Å². The molecule has 1 aliphatic rings. The highest BCUT2D eigenvalue weighted by Gasteiger charge is 2.37. The number of nitrogens with zero attached hydrogens (tertiary/aromatic N) is 6. The molecule has 0 bridgehead atoms. The molecule has 0 unspecified atom stereocenters. The number of halogens is 1.